The lowest BCUT2D eigenvalue weighted by Crippen LogP contribution is -2.35. The molecule has 1 saturated heterocycles. The van der Waals surface area contributed by atoms with Gasteiger partial charge in [0, 0.05) is 31.0 Å². The van der Waals surface area contributed by atoms with Crippen molar-refractivity contribution in [1.29, 1.82) is 0 Å². The molecule has 0 atom stereocenters. The average molecular weight is 367 g/mol. The molecule has 0 bridgehead atoms. The van der Waals surface area contributed by atoms with Gasteiger partial charge in [-0.25, -0.2) is 14.5 Å². The third-order valence-electron chi connectivity index (χ3n) is 4.85. The van der Waals surface area contributed by atoms with Crippen LogP contribution in [0, 0.1) is 5.92 Å². The molecule has 1 amide bonds. The third kappa shape index (κ3) is 3.81. The number of amides is 1. The first kappa shape index (κ1) is 17.2. The Morgan fingerprint density at radius 2 is 2.11 bits per heavy atom. The molecule has 9 heteroatoms. The topological polar surface area (TPSA) is 97.4 Å². The van der Waals surface area contributed by atoms with E-state index < -0.39 is 0 Å². The summed E-state index contributed by atoms with van der Waals surface area (Å²) in [5, 5.41) is 6.80. The van der Waals surface area contributed by atoms with Crippen LogP contribution >= 0.6 is 0 Å². The number of anilines is 2. The molecule has 0 spiro atoms. The van der Waals surface area contributed by atoms with Crippen molar-refractivity contribution in [2.24, 2.45) is 5.92 Å². The lowest BCUT2D eigenvalue weighted by Gasteiger charge is -2.31. The number of aromatic nitrogens is 5. The number of hydrogen-bond donors (Lipinski definition) is 1. The van der Waals surface area contributed by atoms with Gasteiger partial charge >= 0.3 is 0 Å². The van der Waals surface area contributed by atoms with Crippen LogP contribution in [-0.2, 0) is 11.3 Å². The molecule has 9 nitrogen and oxygen atoms in total. The van der Waals surface area contributed by atoms with E-state index >= 15 is 0 Å². The van der Waals surface area contributed by atoms with Crippen LogP contribution in [0.4, 0.5) is 11.5 Å². The van der Waals surface area contributed by atoms with Crippen LogP contribution in [0.15, 0.2) is 41.8 Å². The molecule has 1 aliphatic rings. The quantitative estimate of drug-likeness (QED) is 0.743. The second-order valence-corrected chi connectivity index (χ2v) is 6.91. The Morgan fingerprint density at radius 1 is 1.30 bits per heavy atom. The largest absolute Gasteiger partial charge is 0.355 e. The minimum Gasteiger partial charge on any atom is -0.355 e. The van der Waals surface area contributed by atoms with Gasteiger partial charge in [0.2, 0.25) is 5.91 Å². The summed E-state index contributed by atoms with van der Waals surface area (Å²) in [6.45, 7) is 4.00. The molecule has 0 aliphatic carbocycles. The van der Waals surface area contributed by atoms with Gasteiger partial charge in [-0.1, -0.05) is 6.92 Å². The highest BCUT2D eigenvalue weighted by molar-refractivity contribution is 5.91. The average Bonchev–Trinajstić information content (AvgIpc) is 3.12. The molecule has 1 aliphatic heterocycles. The van der Waals surface area contributed by atoms with Gasteiger partial charge in [-0.05, 0) is 24.8 Å². The Bertz CT molecular complexity index is 1020. The number of nitrogens with zero attached hydrogens (tertiary/aromatic N) is 6. The zero-order valence-corrected chi connectivity index (χ0v) is 15.1. The first-order chi connectivity index (χ1) is 13.1. The van der Waals surface area contributed by atoms with Crippen molar-refractivity contribution in [2.45, 2.75) is 26.3 Å². The number of piperidine rings is 1. The van der Waals surface area contributed by atoms with E-state index in [0.717, 1.165) is 31.7 Å². The monoisotopic (exact) mass is 367 g/mol. The number of hydrogen-bond acceptors (Lipinski definition) is 6. The first-order valence-corrected chi connectivity index (χ1v) is 8.99. The van der Waals surface area contributed by atoms with E-state index in [-0.39, 0.29) is 18.0 Å². The lowest BCUT2D eigenvalue weighted by atomic mass is 9.99. The molecule has 1 N–H and O–H groups in total. The van der Waals surface area contributed by atoms with E-state index in [9.17, 15) is 9.59 Å². The Kier molecular flexibility index (Phi) is 4.57. The fraction of sp³-hybridized carbons (Fsp3) is 0.389. The van der Waals surface area contributed by atoms with Crippen LogP contribution in [0.25, 0.3) is 5.65 Å². The van der Waals surface area contributed by atoms with Gasteiger partial charge in [-0.2, -0.15) is 5.10 Å². The zero-order valence-electron chi connectivity index (χ0n) is 15.1. The second-order valence-electron chi connectivity index (χ2n) is 6.91. The number of carbonyl (C=O) groups excluding carboxylic acids is 1. The highest BCUT2D eigenvalue weighted by Gasteiger charge is 2.18. The Morgan fingerprint density at radius 3 is 2.93 bits per heavy atom. The van der Waals surface area contributed by atoms with E-state index in [2.05, 4.69) is 32.2 Å². The summed E-state index contributed by atoms with van der Waals surface area (Å²) in [5.74, 6) is 1.16. The molecule has 3 aromatic rings. The molecule has 140 valence electrons. The van der Waals surface area contributed by atoms with Gasteiger partial charge in [0.1, 0.15) is 18.7 Å². The van der Waals surface area contributed by atoms with Crippen LogP contribution in [0.1, 0.15) is 19.8 Å². The Balaban J connectivity index is 1.47. The number of rotatable bonds is 4. The molecule has 27 heavy (non-hydrogen) atoms. The summed E-state index contributed by atoms with van der Waals surface area (Å²) in [6.07, 6.45) is 8.31. The van der Waals surface area contributed by atoms with Crippen molar-refractivity contribution in [3.63, 3.8) is 0 Å². The molecule has 0 saturated carbocycles. The molecular formula is C18H21N7O2. The van der Waals surface area contributed by atoms with Crippen LogP contribution in [0.5, 0.6) is 0 Å². The minimum absolute atomic E-state index is 0.0729. The van der Waals surface area contributed by atoms with E-state index in [4.69, 9.17) is 0 Å². The summed E-state index contributed by atoms with van der Waals surface area (Å²) in [5.41, 5.74) is 0.940. The minimum atomic E-state index is -0.299. The smallest absolute Gasteiger partial charge is 0.269 e. The zero-order chi connectivity index (χ0) is 18.8. The molecule has 0 aromatic carbocycles. The molecule has 0 unspecified atom stereocenters. The van der Waals surface area contributed by atoms with E-state index in [1.54, 1.807) is 29.0 Å². The van der Waals surface area contributed by atoms with Crippen LogP contribution in [-0.4, -0.2) is 43.1 Å². The molecule has 4 rings (SSSR count). The predicted molar refractivity (Wildman–Crippen MR) is 101 cm³/mol. The van der Waals surface area contributed by atoms with E-state index in [0.29, 0.717) is 17.3 Å². The SMILES string of the molecule is CC1CCN(c2cn(CC(=O)Nc3ccn4ncnc4c3)c(=O)cn2)CC1. The van der Waals surface area contributed by atoms with Crippen LogP contribution in [0.2, 0.25) is 0 Å². The van der Waals surface area contributed by atoms with Gasteiger partial charge < -0.3 is 14.8 Å². The maximum absolute atomic E-state index is 12.4. The summed E-state index contributed by atoms with van der Waals surface area (Å²) in [4.78, 5) is 35.0. The fourth-order valence-corrected chi connectivity index (χ4v) is 3.20. The molecule has 4 heterocycles. The van der Waals surface area contributed by atoms with Crippen molar-refractivity contribution in [1.82, 2.24) is 24.1 Å². The molecule has 1 fully saturated rings. The van der Waals surface area contributed by atoms with Crippen molar-refractivity contribution >= 4 is 23.1 Å². The second kappa shape index (κ2) is 7.18. The highest BCUT2D eigenvalue weighted by atomic mass is 16.2. The predicted octanol–water partition coefficient (Wildman–Crippen LogP) is 1.16. The Hall–Kier alpha value is -3.23. The summed E-state index contributed by atoms with van der Waals surface area (Å²) in [6, 6.07) is 3.45. The van der Waals surface area contributed by atoms with Crippen molar-refractivity contribution in [3.8, 4) is 0 Å². The van der Waals surface area contributed by atoms with Gasteiger partial charge in [-0.15, -0.1) is 0 Å². The van der Waals surface area contributed by atoms with Crippen LogP contribution in [0.3, 0.4) is 0 Å². The van der Waals surface area contributed by atoms with Crippen molar-refractivity contribution in [2.75, 3.05) is 23.3 Å². The summed E-state index contributed by atoms with van der Waals surface area (Å²) in [7, 11) is 0. The highest BCUT2D eigenvalue weighted by Crippen LogP contribution is 2.20. The normalized spacial score (nSPS) is 15.2. The standard InChI is InChI=1S/C18H21N7O2/c1-13-2-5-23(6-3-13)16-10-24(18(27)9-19-16)11-17(26)22-14-4-7-25-15(8-14)20-12-21-25/h4,7-10,12-13H,2-3,5-6,11H2,1H3,(H,22,26). The van der Waals surface area contributed by atoms with Crippen molar-refractivity contribution < 1.29 is 4.79 Å². The number of pyridine rings is 1. The lowest BCUT2D eigenvalue weighted by molar-refractivity contribution is -0.116. The van der Waals surface area contributed by atoms with E-state index in [1.807, 2.05) is 0 Å². The first-order valence-electron chi connectivity index (χ1n) is 8.99. The maximum Gasteiger partial charge on any atom is 0.269 e. The Labute approximate surface area is 155 Å². The van der Waals surface area contributed by atoms with Crippen molar-refractivity contribution in [3.05, 3.63) is 47.4 Å². The van der Waals surface area contributed by atoms with E-state index in [1.165, 1.54) is 17.1 Å². The van der Waals surface area contributed by atoms with Gasteiger partial charge in [0.05, 0.1) is 12.4 Å². The van der Waals surface area contributed by atoms with Gasteiger partial charge in [0.15, 0.2) is 5.65 Å². The molecule has 0 radical (unpaired) electrons. The number of carbonyl (C=O) groups is 1. The molecular weight excluding hydrogens is 346 g/mol. The van der Waals surface area contributed by atoms with Gasteiger partial charge in [-0.3, -0.25) is 9.59 Å². The van der Waals surface area contributed by atoms with Crippen LogP contribution < -0.4 is 15.8 Å². The number of fused-ring (bicyclic) bond motifs is 1. The van der Waals surface area contributed by atoms with Gasteiger partial charge in [0.25, 0.3) is 5.56 Å². The maximum atomic E-state index is 12.4. The molecule has 3 aromatic heterocycles. The summed E-state index contributed by atoms with van der Waals surface area (Å²) < 4.78 is 3.00. The summed E-state index contributed by atoms with van der Waals surface area (Å²) >= 11 is 0. The third-order valence-corrected chi connectivity index (χ3v) is 4.85. The fourth-order valence-electron chi connectivity index (χ4n) is 3.20. The number of nitrogens with one attached hydrogen (secondary N) is 1.